The van der Waals surface area contributed by atoms with E-state index in [9.17, 15) is 9.59 Å². The zero-order chi connectivity index (χ0) is 13.2. The van der Waals surface area contributed by atoms with Crippen LogP contribution in [0.2, 0.25) is 0 Å². The van der Waals surface area contributed by atoms with Gasteiger partial charge in [-0.05, 0) is 31.2 Å². The predicted octanol–water partition coefficient (Wildman–Crippen LogP) is 1.96. The predicted molar refractivity (Wildman–Crippen MR) is 64.3 cm³/mol. The summed E-state index contributed by atoms with van der Waals surface area (Å²) in [6.07, 6.45) is 4.33. The molecule has 5 nitrogen and oxygen atoms in total. The Kier molecular flexibility index (Phi) is 3.41. The second kappa shape index (κ2) is 4.84. The van der Waals surface area contributed by atoms with Crippen molar-refractivity contribution in [2.45, 2.75) is 32.6 Å². The van der Waals surface area contributed by atoms with Gasteiger partial charge in [0.1, 0.15) is 0 Å². The molecule has 5 heteroatoms. The van der Waals surface area contributed by atoms with Crippen LogP contribution in [0.15, 0.2) is 16.7 Å². The Labute approximate surface area is 105 Å². The molecule has 1 saturated carbocycles. The van der Waals surface area contributed by atoms with Crippen molar-refractivity contribution in [3.05, 3.63) is 23.7 Å². The summed E-state index contributed by atoms with van der Waals surface area (Å²) in [5, 5.41) is 11.7. The van der Waals surface area contributed by atoms with Crippen LogP contribution in [0.1, 0.15) is 41.8 Å². The van der Waals surface area contributed by atoms with Crippen LogP contribution in [0, 0.1) is 12.3 Å². The number of carbonyl (C=O) groups is 2. The first-order valence-corrected chi connectivity index (χ1v) is 6.07. The second-order valence-electron chi connectivity index (χ2n) is 5.04. The van der Waals surface area contributed by atoms with Gasteiger partial charge in [-0.3, -0.25) is 9.59 Å². The largest absolute Gasteiger partial charge is 0.481 e. The molecule has 2 N–H and O–H groups in total. The average Bonchev–Trinajstić information content (AvgIpc) is 2.67. The van der Waals surface area contributed by atoms with E-state index < -0.39 is 5.97 Å². The maximum atomic E-state index is 11.8. The molecule has 98 valence electrons. The number of amides is 1. The number of carboxylic acid groups (broad SMARTS) is 1. The molecule has 0 saturated heterocycles. The Morgan fingerprint density at radius 2 is 2.22 bits per heavy atom. The highest BCUT2D eigenvalue weighted by Gasteiger charge is 2.39. The smallest absolute Gasteiger partial charge is 0.303 e. The topological polar surface area (TPSA) is 79.5 Å². The maximum Gasteiger partial charge on any atom is 0.303 e. The summed E-state index contributed by atoms with van der Waals surface area (Å²) < 4.78 is 5.10. The average molecular weight is 251 g/mol. The number of nitrogens with one attached hydrogen (secondary N) is 1. The van der Waals surface area contributed by atoms with Crippen molar-refractivity contribution in [3.63, 3.8) is 0 Å². The lowest BCUT2D eigenvalue weighted by Crippen LogP contribution is -2.43. The third-order valence-corrected chi connectivity index (χ3v) is 3.63. The van der Waals surface area contributed by atoms with Gasteiger partial charge >= 0.3 is 5.97 Å². The molecule has 0 atom stereocenters. The number of aliphatic carboxylic acids is 1. The molecule has 0 bridgehead atoms. The maximum absolute atomic E-state index is 11.8. The van der Waals surface area contributed by atoms with Crippen molar-refractivity contribution in [2.24, 2.45) is 5.41 Å². The molecule has 1 amide bonds. The normalized spacial score (nSPS) is 16.9. The molecule has 1 aromatic rings. The fourth-order valence-electron chi connectivity index (χ4n) is 2.37. The Balaban J connectivity index is 1.93. The van der Waals surface area contributed by atoms with Crippen LogP contribution in [-0.2, 0) is 4.79 Å². The third-order valence-electron chi connectivity index (χ3n) is 3.63. The summed E-state index contributed by atoms with van der Waals surface area (Å²) >= 11 is 0. The van der Waals surface area contributed by atoms with Crippen LogP contribution < -0.4 is 5.32 Å². The van der Waals surface area contributed by atoms with E-state index in [0.717, 1.165) is 24.8 Å². The van der Waals surface area contributed by atoms with E-state index in [1.165, 1.54) is 6.26 Å². The lowest BCUT2D eigenvalue weighted by atomic mass is 9.66. The molecule has 2 rings (SSSR count). The number of hydrogen-bond acceptors (Lipinski definition) is 3. The van der Waals surface area contributed by atoms with Gasteiger partial charge in [0, 0.05) is 12.1 Å². The van der Waals surface area contributed by atoms with Gasteiger partial charge in [0.25, 0.3) is 5.91 Å². The highest BCUT2D eigenvalue weighted by Crippen LogP contribution is 2.43. The number of hydrogen-bond donors (Lipinski definition) is 2. The summed E-state index contributed by atoms with van der Waals surface area (Å²) in [5.41, 5.74) is 0.524. The number of rotatable bonds is 5. The number of furan rings is 1. The van der Waals surface area contributed by atoms with Crippen LogP contribution in [0.4, 0.5) is 0 Å². The van der Waals surface area contributed by atoms with Gasteiger partial charge in [-0.2, -0.15) is 0 Å². The molecule has 0 aromatic carbocycles. The quantitative estimate of drug-likeness (QED) is 0.838. The van der Waals surface area contributed by atoms with Crippen molar-refractivity contribution in [1.82, 2.24) is 5.32 Å². The Morgan fingerprint density at radius 1 is 1.50 bits per heavy atom. The van der Waals surface area contributed by atoms with Crippen LogP contribution in [0.5, 0.6) is 0 Å². The van der Waals surface area contributed by atoms with Gasteiger partial charge in [-0.15, -0.1) is 0 Å². The van der Waals surface area contributed by atoms with Crippen LogP contribution in [0.25, 0.3) is 0 Å². The highest BCUT2D eigenvalue weighted by molar-refractivity contribution is 5.92. The molecular formula is C13H17NO4. The van der Waals surface area contributed by atoms with Crippen LogP contribution in [0.3, 0.4) is 0 Å². The van der Waals surface area contributed by atoms with Gasteiger partial charge in [-0.1, -0.05) is 6.42 Å². The zero-order valence-electron chi connectivity index (χ0n) is 10.4. The van der Waals surface area contributed by atoms with Gasteiger partial charge in [0.2, 0.25) is 0 Å². The van der Waals surface area contributed by atoms with E-state index in [-0.39, 0.29) is 17.7 Å². The summed E-state index contributed by atoms with van der Waals surface area (Å²) in [6, 6.07) is 1.73. The number of carbonyl (C=O) groups excluding carboxylic acids is 1. The molecule has 0 spiro atoms. The highest BCUT2D eigenvalue weighted by atomic mass is 16.4. The van der Waals surface area contributed by atoms with Gasteiger partial charge in [-0.25, -0.2) is 0 Å². The van der Waals surface area contributed by atoms with Crippen molar-refractivity contribution >= 4 is 11.9 Å². The first-order chi connectivity index (χ1) is 8.52. The molecule has 1 aliphatic carbocycles. The van der Waals surface area contributed by atoms with Crippen LogP contribution in [-0.4, -0.2) is 23.5 Å². The molecule has 1 fully saturated rings. The Bertz CT molecular complexity index is 459. The lowest BCUT2D eigenvalue weighted by molar-refractivity contribution is -0.141. The number of aryl methyl sites for hydroxylation is 1. The number of carboxylic acids is 1. The third kappa shape index (κ3) is 2.55. The van der Waals surface area contributed by atoms with Gasteiger partial charge in [0.15, 0.2) is 5.76 Å². The summed E-state index contributed by atoms with van der Waals surface area (Å²) in [5.74, 6) is -0.771. The molecule has 0 unspecified atom stereocenters. The van der Waals surface area contributed by atoms with E-state index in [1.54, 1.807) is 13.0 Å². The Morgan fingerprint density at radius 3 is 2.67 bits per heavy atom. The molecule has 1 aliphatic rings. The monoisotopic (exact) mass is 251 g/mol. The van der Waals surface area contributed by atoms with E-state index in [4.69, 9.17) is 9.52 Å². The lowest BCUT2D eigenvalue weighted by Gasteiger charge is -2.40. The van der Waals surface area contributed by atoms with E-state index in [1.807, 2.05) is 0 Å². The van der Waals surface area contributed by atoms with Crippen molar-refractivity contribution in [1.29, 1.82) is 0 Å². The molecule has 18 heavy (non-hydrogen) atoms. The zero-order valence-corrected chi connectivity index (χ0v) is 10.4. The fourth-order valence-corrected chi connectivity index (χ4v) is 2.37. The van der Waals surface area contributed by atoms with Crippen LogP contribution >= 0.6 is 0 Å². The molecule has 1 heterocycles. The molecular weight excluding hydrogens is 234 g/mol. The SMILES string of the molecule is Cc1ccoc1C(=O)NCC1(CC(=O)O)CCC1. The summed E-state index contributed by atoms with van der Waals surface area (Å²) in [4.78, 5) is 22.7. The minimum atomic E-state index is -0.807. The minimum absolute atomic E-state index is 0.115. The van der Waals surface area contributed by atoms with Crippen molar-refractivity contribution < 1.29 is 19.1 Å². The summed E-state index contributed by atoms with van der Waals surface area (Å²) in [6.45, 7) is 2.20. The van der Waals surface area contributed by atoms with E-state index >= 15 is 0 Å². The standard InChI is InChI=1S/C13H17NO4/c1-9-3-6-18-11(9)12(17)14-8-13(4-2-5-13)7-10(15)16/h3,6H,2,4-5,7-8H2,1H3,(H,14,17)(H,15,16). The summed E-state index contributed by atoms with van der Waals surface area (Å²) in [7, 11) is 0. The first kappa shape index (κ1) is 12.7. The second-order valence-corrected chi connectivity index (χ2v) is 5.04. The van der Waals surface area contributed by atoms with Crippen molar-refractivity contribution in [3.8, 4) is 0 Å². The van der Waals surface area contributed by atoms with Gasteiger partial charge < -0.3 is 14.8 Å². The van der Waals surface area contributed by atoms with Gasteiger partial charge in [0.05, 0.1) is 12.7 Å². The van der Waals surface area contributed by atoms with Crippen molar-refractivity contribution in [2.75, 3.05) is 6.54 Å². The van der Waals surface area contributed by atoms with E-state index in [2.05, 4.69) is 5.32 Å². The minimum Gasteiger partial charge on any atom is -0.481 e. The molecule has 0 aliphatic heterocycles. The molecule has 1 aromatic heterocycles. The fraction of sp³-hybridized carbons (Fsp3) is 0.538. The first-order valence-electron chi connectivity index (χ1n) is 6.07. The van der Waals surface area contributed by atoms with E-state index in [0.29, 0.717) is 12.3 Å². The molecule has 0 radical (unpaired) electrons. The Hall–Kier alpha value is -1.78.